The first kappa shape index (κ1) is 16.2. The summed E-state index contributed by atoms with van der Waals surface area (Å²) < 4.78 is 0. The molecule has 1 heterocycles. The number of H-pyrrole nitrogens is 1. The number of hydrogen-bond donors (Lipinski definition) is 1. The number of nitrogens with one attached hydrogen (secondary N) is 1. The number of rotatable bonds is 0. The average Bonchev–Trinajstić information content (AvgIpc) is 3.25. The van der Waals surface area contributed by atoms with Crippen molar-refractivity contribution in [1.82, 2.24) is 4.98 Å². The van der Waals surface area contributed by atoms with E-state index in [1.54, 1.807) is 0 Å². The van der Waals surface area contributed by atoms with Crippen molar-refractivity contribution in [1.29, 1.82) is 0 Å². The summed E-state index contributed by atoms with van der Waals surface area (Å²) in [5, 5.41) is 7.92. The average molecular weight is 383 g/mol. The molecule has 1 nitrogen and oxygen atoms in total. The van der Waals surface area contributed by atoms with Crippen LogP contribution in [0.3, 0.4) is 0 Å². The molecule has 0 bridgehead atoms. The van der Waals surface area contributed by atoms with E-state index in [-0.39, 0.29) is 5.41 Å². The summed E-state index contributed by atoms with van der Waals surface area (Å²) in [4.78, 5) is 3.70. The molecule has 0 aliphatic heterocycles. The topological polar surface area (TPSA) is 15.8 Å². The van der Waals surface area contributed by atoms with Crippen LogP contribution in [-0.2, 0) is 5.41 Å². The van der Waals surface area contributed by atoms with Crippen molar-refractivity contribution < 1.29 is 0 Å². The van der Waals surface area contributed by atoms with Crippen molar-refractivity contribution in [2.75, 3.05) is 0 Å². The first-order chi connectivity index (χ1) is 14.6. The van der Waals surface area contributed by atoms with Gasteiger partial charge in [-0.2, -0.15) is 0 Å². The molecule has 1 aliphatic rings. The van der Waals surface area contributed by atoms with Crippen LogP contribution >= 0.6 is 0 Å². The van der Waals surface area contributed by atoms with E-state index in [1.807, 2.05) is 0 Å². The van der Waals surface area contributed by atoms with Crippen molar-refractivity contribution in [2.45, 2.75) is 19.3 Å². The summed E-state index contributed by atoms with van der Waals surface area (Å²) in [6, 6.07) is 31.4. The fourth-order valence-electron chi connectivity index (χ4n) is 5.67. The van der Waals surface area contributed by atoms with Crippen molar-refractivity contribution in [3.8, 4) is 11.1 Å². The molecule has 1 heteroatoms. The molecule has 1 N–H and O–H groups in total. The number of aromatic nitrogens is 1. The minimum Gasteiger partial charge on any atom is -0.354 e. The zero-order valence-electron chi connectivity index (χ0n) is 17.1. The standard InChI is InChI=1S/C29H21N/c1-29(2)23-13-11-17-7-3-5-9-19(17)27(23)21-15-22-26(16-24(21)29)30-25-14-12-18-8-4-6-10-20(18)28(22)25/h3-16,30H,1-2H3. The monoisotopic (exact) mass is 383 g/mol. The maximum Gasteiger partial charge on any atom is 0.0471 e. The first-order valence-electron chi connectivity index (χ1n) is 10.6. The van der Waals surface area contributed by atoms with Crippen LogP contribution < -0.4 is 0 Å². The minimum absolute atomic E-state index is 0.0117. The summed E-state index contributed by atoms with van der Waals surface area (Å²) in [6.07, 6.45) is 0. The normalized spacial score (nSPS) is 14.6. The number of hydrogen-bond acceptors (Lipinski definition) is 0. The third-order valence-corrected chi connectivity index (χ3v) is 7.17. The predicted molar refractivity (Wildman–Crippen MR) is 128 cm³/mol. The SMILES string of the molecule is CC1(C)c2cc3[nH]c4ccc5ccccc5c4c3cc2-c2c1ccc1ccccc21. The lowest BCUT2D eigenvalue weighted by atomic mass is 9.82. The quantitative estimate of drug-likeness (QED) is 0.274. The third kappa shape index (κ3) is 1.88. The third-order valence-electron chi connectivity index (χ3n) is 7.17. The minimum atomic E-state index is -0.0117. The van der Waals surface area contributed by atoms with E-state index in [0.29, 0.717) is 0 Å². The Bertz CT molecular complexity index is 1660. The molecule has 6 aromatic rings. The molecule has 0 radical (unpaired) electrons. The second kappa shape index (κ2) is 5.31. The zero-order valence-corrected chi connectivity index (χ0v) is 17.1. The van der Waals surface area contributed by atoms with Gasteiger partial charge in [-0.3, -0.25) is 0 Å². The lowest BCUT2D eigenvalue weighted by Gasteiger charge is -2.21. The Morgan fingerprint density at radius 2 is 1.30 bits per heavy atom. The molecule has 0 amide bonds. The van der Waals surface area contributed by atoms with Crippen molar-refractivity contribution in [2.24, 2.45) is 0 Å². The van der Waals surface area contributed by atoms with Crippen LogP contribution in [-0.4, -0.2) is 4.98 Å². The van der Waals surface area contributed by atoms with Crippen molar-refractivity contribution in [3.63, 3.8) is 0 Å². The Morgan fingerprint density at radius 1 is 0.600 bits per heavy atom. The van der Waals surface area contributed by atoms with Gasteiger partial charge in [-0.1, -0.05) is 80.6 Å². The van der Waals surface area contributed by atoms with E-state index in [2.05, 4.69) is 104 Å². The van der Waals surface area contributed by atoms with Crippen LogP contribution in [0.25, 0.3) is 54.5 Å². The first-order valence-corrected chi connectivity index (χ1v) is 10.6. The highest BCUT2D eigenvalue weighted by atomic mass is 14.7. The van der Waals surface area contributed by atoms with Crippen LogP contribution in [0.5, 0.6) is 0 Å². The van der Waals surface area contributed by atoms with Gasteiger partial charge in [0, 0.05) is 27.2 Å². The summed E-state index contributed by atoms with van der Waals surface area (Å²) in [7, 11) is 0. The van der Waals surface area contributed by atoms with Crippen LogP contribution in [0, 0.1) is 0 Å². The summed E-state index contributed by atoms with van der Waals surface area (Å²) in [6.45, 7) is 4.71. The van der Waals surface area contributed by atoms with E-state index in [1.165, 1.54) is 65.6 Å². The molecule has 0 saturated carbocycles. The smallest absolute Gasteiger partial charge is 0.0471 e. The second-order valence-corrected chi connectivity index (χ2v) is 9.11. The fraction of sp³-hybridized carbons (Fsp3) is 0.103. The lowest BCUT2D eigenvalue weighted by Crippen LogP contribution is -2.14. The molecule has 0 atom stereocenters. The molecule has 142 valence electrons. The highest BCUT2D eigenvalue weighted by Gasteiger charge is 2.37. The Hall–Kier alpha value is -3.58. The molecule has 30 heavy (non-hydrogen) atoms. The molecular formula is C29H21N. The van der Waals surface area contributed by atoms with Gasteiger partial charge in [-0.25, -0.2) is 0 Å². The highest BCUT2D eigenvalue weighted by molar-refractivity contribution is 6.21. The number of benzene rings is 5. The largest absolute Gasteiger partial charge is 0.354 e. The Kier molecular flexibility index (Phi) is 2.88. The fourth-order valence-corrected chi connectivity index (χ4v) is 5.67. The van der Waals surface area contributed by atoms with E-state index >= 15 is 0 Å². The molecule has 5 aromatic carbocycles. The Morgan fingerprint density at radius 3 is 2.13 bits per heavy atom. The van der Waals surface area contributed by atoms with Crippen LogP contribution in [0.15, 0.2) is 84.9 Å². The lowest BCUT2D eigenvalue weighted by molar-refractivity contribution is 0.661. The molecule has 0 spiro atoms. The van der Waals surface area contributed by atoms with Gasteiger partial charge >= 0.3 is 0 Å². The number of aromatic amines is 1. The molecule has 7 rings (SSSR count). The maximum absolute atomic E-state index is 3.70. The van der Waals surface area contributed by atoms with Gasteiger partial charge in [0.15, 0.2) is 0 Å². The van der Waals surface area contributed by atoms with Gasteiger partial charge in [0.2, 0.25) is 0 Å². The van der Waals surface area contributed by atoms with Crippen LogP contribution in [0.2, 0.25) is 0 Å². The molecule has 0 saturated heterocycles. The van der Waals surface area contributed by atoms with Gasteiger partial charge in [-0.05, 0) is 62.0 Å². The molecule has 0 unspecified atom stereocenters. The van der Waals surface area contributed by atoms with Gasteiger partial charge in [0.1, 0.15) is 0 Å². The van der Waals surface area contributed by atoms with E-state index in [0.717, 1.165) is 0 Å². The summed E-state index contributed by atoms with van der Waals surface area (Å²) in [5.41, 5.74) is 8.06. The zero-order chi connectivity index (χ0) is 20.0. The van der Waals surface area contributed by atoms with Crippen LogP contribution in [0.4, 0.5) is 0 Å². The predicted octanol–water partition coefficient (Wildman–Crippen LogP) is 7.93. The van der Waals surface area contributed by atoms with Crippen molar-refractivity contribution in [3.05, 3.63) is 96.1 Å². The molecular weight excluding hydrogens is 362 g/mol. The van der Waals surface area contributed by atoms with E-state index in [9.17, 15) is 0 Å². The van der Waals surface area contributed by atoms with Gasteiger partial charge in [0.25, 0.3) is 0 Å². The summed E-state index contributed by atoms with van der Waals surface area (Å²) in [5.74, 6) is 0. The van der Waals surface area contributed by atoms with Gasteiger partial charge in [0.05, 0.1) is 0 Å². The maximum atomic E-state index is 3.70. The molecule has 1 aliphatic carbocycles. The molecule has 0 fully saturated rings. The van der Waals surface area contributed by atoms with E-state index in [4.69, 9.17) is 0 Å². The van der Waals surface area contributed by atoms with Crippen molar-refractivity contribution >= 4 is 43.4 Å². The van der Waals surface area contributed by atoms with Gasteiger partial charge in [-0.15, -0.1) is 0 Å². The summed E-state index contributed by atoms with van der Waals surface area (Å²) >= 11 is 0. The Labute approximate surface area is 175 Å². The van der Waals surface area contributed by atoms with Gasteiger partial charge < -0.3 is 4.98 Å². The molecule has 1 aromatic heterocycles. The van der Waals surface area contributed by atoms with Crippen LogP contribution in [0.1, 0.15) is 25.0 Å². The highest BCUT2D eigenvalue weighted by Crippen LogP contribution is 2.52. The second-order valence-electron chi connectivity index (χ2n) is 9.11. The number of fused-ring (bicyclic) bond motifs is 10. The Balaban J connectivity index is 1.68. The van der Waals surface area contributed by atoms with E-state index < -0.39 is 0 Å².